The third-order valence-electron chi connectivity index (χ3n) is 2.53. The van der Waals surface area contributed by atoms with Crippen molar-refractivity contribution in [3.05, 3.63) is 11.9 Å². The van der Waals surface area contributed by atoms with Gasteiger partial charge >= 0.3 is 0 Å². The summed E-state index contributed by atoms with van der Waals surface area (Å²) >= 11 is 0. The Morgan fingerprint density at radius 2 is 2.33 bits per heavy atom. The second-order valence-electron chi connectivity index (χ2n) is 4.07. The number of anilines is 1. The summed E-state index contributed by atoms with van der Waals surface area (Å²) in [5, 5.41) is 10.2. The molecule has 1 rings (SSSR count). The third kappa shape index (κ3) is 4.75. The van der Waals surface area contributed by atoms with Crippen LogP contribution in [-0.2, 0) is 23.0 Å². The SMILES string of the molecule is CCc1nn(C)cc1NCC(=O)NCCCOC. The molecule has 2 N–H and O–H groups in total. The molecule has 0 fully saturated rings. The van der Waals surface area contributed by atoms with Crippen LogP contribution in [0, 0.1) is 0 Å². The molecule has 1 aromatic heterocycles. The van der Waals surface area contributed by atoms with Gasteiger partial charge in [-0.15, -0.1) is 0 Å². The molecular formula is C12H22N4O2. The smallest absolute Gasteiger partial charge is 0.239 e. The zero-order valence-electron chi connectivity index (χ0n) is 11.3. The molecule has 102 valence electrons. The molecule has 0 aliphatic carbocycles. The lowest BCUT2D eigenvalue weighted by molar-refractivity contribution is -0.119. The van der Waals surface area contributed by atoms with Gasteiger partial charge in [0.1, 0.15) is 0 Å². The maximum atomic E-state index is 11.5. The van der Waals surface area contributed by atoms with Crippen LogP contribution in [0.25, 0.3) is 0 Å². The molecule has 6 heteroatoms. The Morgan fingerprint density at radius 1 is 1.56 bits per heavy atom. The molecule has 0 radical (unpaired) electrons. The number of ether oxygens (including phenoxy) is 1. The van der Waals surface area contributed by atoms with Gasteiger partial charge in [-0.1, -0.05) is 6.92 Å². The van der Waals surface area contributed by atoms with Crippen LogP contribution in [0.3, 0.4) is 0 Å². The zero-order chi connectivity index (χ0) is 13.4. The fourth-order valence-electron chi connectivity index (χ4n) is 1.63. The van der Waals surface area contributed by atoms with E-state index in [0.717, 1.165) is 24.2 Å². The molecule has 18 heavy (non-hydrogen) atoms. The summed E-state index contributed by atoms with van der Waals surface area (Å²) in [7, 11) is 3.52. The van der Waals surface area contributed by atoms with Crippen molar-refractivity contribution in [2.24, 2.45) is 7.05 Å². The Hall–Kier alpha value is -1.56. The number of carbonyl (C=O) groups excluding carboxylic acids is 1. The van der Waals surface area contributed by atoms with E-state index in [1.54, 1.807) is 11.8 Å². The van der Waals surface area contributed by atoms with Crippen LogP contribution < -0.4 is 10.6 Å². The number of carbonyl (C=O) groups is 1. The zero-order valence-corrected chi connectivity index (χ0v) is 11.3. The fourth-order valence-corrected chi connectivity index (χ4v) is 1.63. The van der Waals surface area contributed by atoms with Crippen molar-refractivity contribution in [3.8, 4) is 0 Å². The van der Waals surface area contributed by atoms with E-state index < -0.39 is 0 Å². The van der Waals surface area contributed by atoms with Gasteiger partial charge < -0.3 is 15.4 Å². The van der Waals surface area contributed by atoms with E-state index in [2.05, 4.69) is 15.7 Å². The first-order valence-electron chi connectivity index (χ1n) is 6.19. The first kappa shape index (κ1) is 14.5. The predicted octanol–water partition coefficient (Wildman–Crippen LogP) is 0.547. The average molecular weight is 254 g/mol. The third-order valence-corrected chi connectivity index (χ3v) is 2.53. The summed E-state index contributed by atoms with van der Waals surface area (Å²) in [6.07, 6.45) is 3.56. The van der Waals surface area contributed by atoms with E-state index in [0.29, 0.717) is 13.2 Å². The van der Waals surface area contributed by atoms with Crippen LogP contribution >= 0.6 is 0 Å². The van der Waals surface area contributed by atoms with Crippen LogP contribution in [0.4, 0.5) is 5.69 Å². The molecular weight excluding hydrogens is 232 g/mol. The van der Waals surface area contributed by atoms with Gasteiger partial charge in [-0.3, -0.25) is 9.48 Å². The highest BCUT2D eigenvalue weighted by molar-refractivity contribution is 5.80. The Balaban J connectivity index is 2.29. The lowest BCUT2D eigenvalue weighted by atomic mass is 10.3. The second kappa shape index (κ2) is 7.71. The van der Waals surface area contributed by atoms with Gasteiger partial charge in [0.05, 0.1) is 17.9 Å². The highest BCUT2D eigenvalue weighted by Gasteiger charge is 2.07. The Bertz CT molecular complexity index is 376. The minimum atomic E-state index is -0.0167. The molecule has 0 aliphatic rings. The van der Waals surface area contributed by atoms with Gasteiger partial charge in [-0.25, -0.2) is 0 Å². The minimum Gasteiger partial charge on any atom is -0.385 e. The predicted molar refractivity (Wildman–Crippen MR) is 70.6 cm³/mol. The molecule has 0 bridgehead atoms. The summed E-state index contributed by atoms with van der Waals surface area (Å²) in [5.74, 6) is -0.0167. The van der Waals surface area contributed by atoms with E-state index in [1.165, 1.54) is 0 Å². The van der Waals surface area contributed by atoms with Crippen molar-refractivity contribution in [1.29, 1.82) is 0 Å². The summed E-state index contributed by atoms with van der Waals surface area (Å²) in [5.41, 5.74) is 1.90. The van der Waals surface area contributed by atoms with E-state index in [4.69, 9.17) is 4.74 Å². The van der Waals surface area contributed by atoms with Crippen molar-refractivity contribution in [2.75, 3.05) is 32.1 Å². The number of rotatable bonds is 8. The van der Waals surface area contributed by atoms with Crippen molar-refractivity contribution >= 4 is 11.6 Å². The van der Waals surface area contributed by atoms with Crippen LogP contribution in [0.2, 0.25) is 0 Å². The molecule has 6 nitrogen and oxygen atoms in total. The quantitative estimate of drug-likeness (QED) is 0.665. The Labute approximate surface area is 108 Å². The summed E-state index contributed by atoms with van der Waals surface area (Å²) in [4.78, 5) is 11.5. The average Bonchev–Trinajstić information content (AvgIpc) is 2.72. The molecule has 0 saturated carbocycles. The maximum absolute atomic E-state index is 11.5. The molecule has 0 saturated heterocycles. The molecule has 1 aromatic rings. The highest BCUT2D eigenvalue weighted by atomic mass is 16.5. The standard InChI is InChI=1S/C12H22N4O2/c1-4-10-11(9-16(2)15-10)14-8-12(17)13-6-5-7-18-3/h9,14H,4-8H2,1-3H3,(H,13,17). The first-order valence-corrected chi connectivity index (χ1v) is 6.19. The number of aryl methyl sites for hydroxylation is 2. The molecule has 1 heterocycles. The second-order valence-corrected chi connectivity index (χ2v) is 4.07. The van der Waals surface area contributed by atoms with E-state index >= 15 is 0 Å². The molecule has 0 aromatic carbocycles. The lowest BCUT2D eigenvalue weighted by Gasteiger charge is -2.07. The number of methoxy groups -OCH3 is 1. The van der Waals surface area contributed by atoms with Crippen LogP contribution in [0.15, 0.2) is 6.20 Å². The molecule has 0 unspecified atom stereocenters. The van der Waals surface area contributed by atoms with Crippen molar-refractivity contribution in [2.45, 2.75) is 19.8 Å². The van der Waals surface area contributed by atoms with Crippen LogP contribution in [0.1, 0.15) is 19.0 Å². The monoisotopic (exact) mass is 254 g/mol. The fraction of sp³-hybridized carbons (Fsp3) is 0.667. The molecule has 0 atom stereocenters. The van der Waals surface area contributed by atoms with Crippen molar-refractivity contribution < 1.29 is 9.53 Å². The molecule has 0 aliphatic heterocycles. The number of aromatic nitrogens is 2. The van der Waals surface area contributed by atoms with E-state index in [1.807, 2.05) is 20.2 Å². The van der Waals surface area contributed by atoms with Gasteiger partial charge in [0.15, 0.2) is 0 Å². The van der Waals surface area contributed by atoms with Crippen LogP contribution in [-0.4, -0.2) is 42.5 Å². The number of nitrogens with one attached hydrogen (secondary N) is 2. The van der Waals surface area contributed by atoms with E-state index in [-0.39, 0.29) is 12.5 Å². The normalized spacial score (nSPS) is 10.4. The van der Waals surface area contributed by atoms with Gasteiger partial charge in [-0.05, 0) is 12.8 Å². The highest BCUT2D eigenvalue weighted by Crippen LogP contribution is 2.12. The Kier molecular flexibility index (Phi) is 6.21. The van der Waals surface area contributed by atoms with Gasteiger partial charge in [0.25, 0.3) is 0 Å². The van der Waals surface area contributed by atoms with Gasteiger partial charge in [0.2, 0.25) is 5.91 Å². The number of hydrogen-bond donors (Lipinski definition) is 2. The Morgan fingerprint density at radius 3 is 3.00 bits per heavy atom. The molecule has 0 spiro atoms. The van der Waals surface area contributed by atoms with Gasteiger partial charge in [-0.2, -0.15) is 5.10 Å². The molecule has 1 amide bonds. The van der Waals surface area contributed by atoms with Crippen molar-refractivity contribution in [3.63, 3.8) is 0 Å². The largest absolute Gasteiger partial charge is 0.385 e. The first-order chi connectivity index (χ1) is 8.67. The minimum absolute atomic E-state index is 0.0167. The van der Waals surface area contributed by atoms with E-state index in [9.17, 15) is 4.79 Å². The summed E-state index contributed by atoms with van der Waals surface area (Å²) in [6.45, 7) is 3.61. The summed E-state index contributed by atoms with van der Waals surface area (Å²) < 4.78 is 6.66. The summed E-state index contributed by atoms with van der Waals surface area (Å²) in [6, 6.07) is 0. The maximum Gasteiger partial charge on any atom is 0.239 e. The van der Waals surface area contributed by atoms with Gasteiger partial charge in [0, 0.05) is 33.5 Å². The lowest BCUT2D eigenvalue weighted by Crippen LogP contribution is -2.31. The number of amides is 1. The topological polar surface area (TPSA) is 68.2 Å². The van der Waals surface area contributed by atoms with Crippen LogP contribution in [0.5, 0.6) is 0 Å². The number of nitrogens with zero attached hydrogens (tertiary/aromatic N) is 2. The van der Waals surface area contributed by atoms with Crippen molar-refractivity contribution in [1.82, 2.24) is 15.1 Å². The number of hydrogen-bond acceptors (Lipinski definition) is 4.